The van der Waals surface area contributed by atoms with Crippen molar-refractivity contribution in [3.63, 3.8) is 0 Å². The molecule has 3 rings (SSSR count). The topological polar surface area (TPSA) is 107 Å². The maximum absolute atomic E-state index is 12.1. The van der Waals surface area contributed by atoms with E-state index in [2.05, 4.69) is 9.73 Å². The lowest BCUT2D eigenvalue weighted by Crippen LogP contribution is -2.51. The van der Waals surface area contributed by atoms with Crippen LogP contribution < -0.4 is 4.74 Å². The van der Waals surface area contributed by atoms with E-state index in [1.807, 2.05) is 0 Å². The zero-order valence-electron chi connectivity index (χ0n) is 13.1. The van der Waals surface area contributed by atoms with Crippen molar-refractivity contribution in [2.45, 2.75) is 31.5 Å². The molecular weight excluding hydrogens is 363 g/mol. The van der Waals surface area contributed by atoms with E-state index in [1.54, 1.807) is 0 Å². The highest BCUT2D eigenvalue weighted by atomic mass is 19.4. The Morgan fingerprint density at radius 2 is 2.08 bits per heavy atom. The molecule has 0 saturated carbocycles. The molecule has 2 aliphatic rings. The zero-order valence-corrected chi connectivity index (χ0v) is 13.1. The normalized spacial score (nSPS) is 25.3. The second kappa shape index (κ2) is 6.96. The van der Waals surface area contributed by atoms with Gasteiger partial charge in [-0.2, -0.15) is 4.99 Å². The van der Waals surface area contributed by atoms with Crippen molar-refractivity contribution in [3.05, 3.63) is 39.9 Å². The molecule has 2 aliphatic heterocycles. The number of hydrogen-bond donors (Lipinski definition) is 1. The Balaban J connectivity index is 1.52. The number of ether oxygens (including phenoxy) is 3. The van der Waals surface area contributed by atoms with Gasteiger partial charge in [-0.15, -0.1) is 13.2 Å². The second-order valence-corrected chi connectivity index (χ2v) is 5.61. The first-order valence-electron chi connectivity index (χ1n) is 7.48. The van der Waals surface area contributed by atoms with Gasteiger partial charge >= 0.3 is 12.5 Å². The maximum atomic E-state index is 12.1. The Hall–Kier alpha value is -2.60. The van der Waals surface area contributed by atoms with Gasteiger partial charge in [0, 0.05) is 0 Å². The van der Waals surface area contributed by atoms with E-state index in [4.69, 9.17) is 9.47 Å². The quantitative estimate of drug-likeness (QED) is 0.605. The van der Waals surface area contributed by atoms with Crippen LogP contribution in [0.5, 0.6) is 5.75 Å². The average molecular weight is 377 g/mol. The Morgan fingerprint density at radius 3 is 2.69 bits per heavy atom. The fourth-order valence-electron chi connectivity index (χ4n) is 2.53. The Morgan fingerprint density at radius 1 is 1.38 bits per heavy atom. The van der Waals surface area contributed by atoms with Crippen molar-refractivity contribution in [1.82, 2.24) is 4.90 Å². The minimum absolute atomic E-state index is 0.00676. The Bertz CT molecular complexity index is 696. The molecule has 2 heterocycles. The second-order valence-electron chi connectivity index (χ2n) is 5.61. The summed E-state index contributed by atoms with van der Waals surface area (Å²) in [5.74, 6) is -0.339. The largest absolute Gasteiger partial charge is 0.573 e. The summed E-state index contributed by atoms with van der Waals surface area (Å²) >= 11 is 0. The van der Waals surface area contributed by atoms with Gasteiger partial charge in [-0.25, -0.2) is 0 Å². The monoisotopic (exact) mass is 377 g/mol. The molecule has 0 aliphatic carbocycles. The van der Waals surface area contributed by atoms with Crippen LogP contribution in [0.4, 0.5) is 13.2 Å². The van der Waals surface area contributed by atoms with E-state index < -0.39 is 29.8 Å². The van der Waals surface area contributed by atoms with Gasteiger partial charge in [-0.3, -0.25) is 15.0 Å². The van der Waals surface area contributed by atoms with Crippen LogP contribution in [0.3, 0.4) is 0 Å². The van der Waals surface area contributed by atoms with Crippen molar-refractivity contribution >= 4 is 6.02 Å². The van der Waals surface area contributed by atoms with Crippen LogP contribution in [0.1, 0.15) is 5.56 Å². The molecule has 26 heavy (non-hydrogen) atoms. The highest BCUT2D eigenvalue weighted by Crippen LogP contribution is 2.24. The number of aliphatic hydroxyl groups excluding tert-OH is 1. The summed E-state index contributed by atoms with van der Waals surface area (Å²) in [5, 5.41) is 20.7. The fourth-order valence-corrected chi connectivity index (χ4v) is 2.53. The van der Waals surface area contributed by atoms with Gasteiger partial charge in [0.05, 0.1) is 18.1 Å². The van der Waals surface area contributed by atoms with Crippen LogP contribution in [0, 0.1) is 10.1 Å². The van der Waals surface area contributed by atoms with Gasteiger partial charge < -0.3 is 19.3 Å². The van der Waals surface area contributed by atoms with E-state index >= 15 is 0 Å². The zero-order chi connectivity index (χ0) is 18.9. The number of hydrogen-bond acceptors (Lipinski definition) is 8. The fraction of sp³-hybridized carbons (Fsp3) is 0.500. The predicted octanol–water partition coefficient (Wildman–Crippen LogP) is 1.09. The lowest BCUT2D eigenvalue weighted by atomic mass is 10.2. The highest BCUT2D eigenvalue weighted by molar-refractivity contribution is 5.76. The minimum Gasteiger partial charge on any atom is -0.462 e. The third kappa shape index (κ3) is 4.14. The van der Waals surface area contributed by atoms with Crippen molar-refractivity contribution in [2.75, 3.05) is 13.2 Å². The number of amidine groups is 1. The first-order valence-corrected chi connectivity index (χ1v) is 7.48. The summed E-state index contributed by atoms with van der Waals surface area (Å²) in [5.41, 5.74) is 0.601. The van der Waals surface area contributed by atoms with Crippen LogP contribution in [-0.4, -0.2) is 59.0 Å². The molecule has 1 fully saturated rings. The lowest BCUT2D eigenvalue weighted by molar-refractivity contribution is -0.534. The molecule has 142 valence electrons. The molecule has 1 N–H and O–H groups in total. The van der Waals surface area contributed by atoms with E-state index in [9.17, 15) is 28.4 Å². The molecule has 0 radical (unpaired) electrons. The molecule has 9 nitrogen and oxygen atoms in total. The summed E-state index contributed by atoms with van der Waals surface area (Å²) in [6.07, 6.45) is -8.20. The summed E-state index contributed by atoms with van der Waals surface area (Å²) in [6, 6.07) is 5.17. The van der Waals surface area contributed by atoms with Crippen molar-refractivity contribution < 1.29 is 37.4 Å². The summed E-state index contributed by atoms with van der Waals surface area (Å²) in [7, 11) is 0. The molecule has 12 heteroatoms. The van der Waals surface area contributed by atoms with Crippen molar-refractivity contribution in [2.24, 2.45) is 4.99 Å². The molecule has 3 unspecified atom stereocenters. The van der Waals surface area contributed by atoms with Crippen LogP contribution in [0.25, 0.3) is 0 Å². The number of fused-ring (bicyclic) bond motifs is 1. The minimum atomic E-state index is -4.76. The molecule has 3 atom stereocenters. The standard InChI is InChI=1S/C14H14F3N3O6/c15-14(16,17)26-9-3-1-8(2-4-9)6-24-10-5-19-12(21)11(20(22)23)18-13(19)25-7-10/h1-4,10-12,21H,5-7H2. The number of aliphatic hydroxyl groups is 1. The highest BCUT2D eigenvalue weighted by Gasteiger charge is 2.46. The van der Waals surface area contributed by atoms with Gasteiger partial charge in [0.1, 0.15) is 18.5 Å². The van der Waals surface area contributed by atoms with Crippen LogP contribution in [0.15, 0.2) is 29.3 Å². The molecule has 1 saturated heterocycles. The van der Waals surface area contributed by atoms with E-state index in [0.717, 1.165) is 0 Å². The van der Waals surface area contributed by atoms with Crippen LogP contribution in [0.2, 0.25) is 0 Å². The number of aliphatic imine (C=N–C) groups is 1. The van der Waals surface area contributed by atoms with Gasteiger partial charge in [-0.1, -0.05) is 12.1 Å². The SMILES string of the molecule is O=[N+]([O-])C1N=C2OCC(OCc3ccc(OC(F)(F)F)cc3)CN2C1O. The summed E-state index contributed by atoms with van der Waals surface area (Å²) in [6.45, 7) is 0.302. The summed E-state index contributed by atoms with van der Waals surface area (Å²) in [4.78, 5) is 15.0. The van der Waals surface area contributed by atoms with Gasteiger partial charge in [0.15, 0.2) is 0 Å². The smallest absolute Gasteiger partial charge is 0.462 e. The van der Waals surface area contributed by atoms with Crippen molar-refractivity contribution in [1.29, 1.82) is 0 Å². The average Bonchev–Trinajstić information content (AvgIpc) is 2.90. The Labute approximate surface area is 144 Å². The predicted molar refractivity (Wildman–Crippen MR) is 78.6 cm³/mol. The molecule has 0 amide bonds. The molecule has 0 spiro atoms. The lowest BCUT2D eigenvalue weighted by Gasteiger charge is -2.32. The van der Waals surface area contributed by atoms with Gasteiger partial charge in [-0.05, 0) is 17.7 Å². The number of halogens is 3. The number of alkyl halides is 3. The Kier molecular flexibility index (Phi) is 4.87. The molecular formula is C14H14F3N3O6. The molecule has 1 aromatic rings. The maximum Gasteiger partial charge on any atom is 0.573 e. The molecule has 1 aromatic carbocycles. The summed E-state index contributed by atoms with van der Waals surface area (Å²) < 4.78 is 51.0. The third-order valence-electron chi connectivity index (χ3n) is 3.73. The number of benzene rings is 1. The number of nitrogens with zero attached hydrogens (tertiary/aromatic N) is 3. The third-order valence-corrected chi connectivity index (χ3v) is 3.73. The molecule has 0 bridgehead atoms. The van der Waals surface area contributed by atoms with E-state index in [-0.39, 0.29) is 31.5 Å². The first-order chi connectivity index (χ1) is 12.2. The van der Waals surface area contributed by atoms with Gasteiger partial charge in [0.25, 0.3) is 6.02 Å². The van der Waals surface area contributed by atoms with Crippen LogP contribution >= 0.6 is 0 Å². The van der Waals surface area contributed by atoms with Crippen molar-refractivity contribution in [3.8, 4) is 5.75 Å². The molecule has 0 aromatic heterocycles. The van der Waals surface area contributed by atoms with E-state index in [1.165, 1.54) is 29.2 Å². The first kappa shape index (κ1) is 18.2. The van der Waals surface area contributed by atoms with Crippen LogP contribution in [-0.2, 0) is 16.1 Å². The van der Waals surface area contributed by atoms with E-state index in [0.29, 0.717) is 5.56 Å². The number of nitro groups is 1. The van der Waals surface area contributed by atoms with Gasteiger partial charge in [0.2, 0.25) is 6.23 Å². The number of rotatable bonds is 5.